The van der Waals surface area contributed by atoms with Gasteiger partial charge in [0.05, 0.1) is 11.7 Å². The molecular formula is C24H29N3O2S. The Hall–Kier alpha value is -2.47. The van der Waals surface area contributed by atoms with Gasteiger partial charge in [0, 0.05) is 29.8 Å². The van der Waals surface area contributed by atoms with Crippen molar-refractivity contribution in [3.63, 3.8) is 0 Å². The summed E-state index contributed by atoms with van der Waals surface area (Å²) in [5, 5.41) is 3.82. The van der Waals surface area contributed by atoms with Crippen LogP contribution >= 0.6 is 11.3 Å². The number of amides is 1. The third-order valence-electron chi connectivity index (χ3n) is 6.05. The number of benzene rings is 1. The first-order valence-corrected chi connectivity index (χ1v) is 11.5. The Balaban J connectivity index is 1.41. The smallest absolute Gasteiger partial charge is 0.262 e. The lowest BCUT2D eigenvalue weighted by molar-refractivity contribution is -0.121. The fourth-order valence-corrected chi connectivity index (χ4v) is 5.36. The number of fused-ring (bicyclic) bond motifs is 3. The third-order valence-corrected chi connectivity index (χ3v) is 7.25. The fraction of sp³-hybridized carbons (Fsp3) is 0.458. The van der Waals surface area contributed by atoms with Crippen LogP contribution in [0.4, 0.5) is 0 Å². The highest BCUT2D eigenvalue weighted by atomic mass is 32.1. The average Bonchev–Trinajstić information content (AvgIpc) is 3.11. The van der Waals surface area contributed by atoms with Crippen molar-refractivity contribution >= 4 is 27.5 Å². The van der Waals surface area contributed by atoms with Gasteiger partial charge in [0.25, 0.3) is 5.56 Å². The van der Waals surface area contributed by atoms with E-state index < -0.39 is 0 Å². The van der Waals surface area contributed by atoms with Gasteiger partial charge in [-0.25, -0.2) is 4.98 Å². The van der Waals surface area contributed by atoms with Gasteiger partial charge in [-0.15, -0.1) is 11.3 Å². The SMILES string of the molecule is Cc1cccc(C(C)(C)CNC(=O)CCn2cnc3sc4c(c3c2=O)CCCC4)c1. The van der Waals surface area contributed by atoms with E-state index in [1.807, 2.05) is 6.07 Å². The Morgan fingerprint density at radius 3 is 2.87 bits per heavy atom. The molecule has 0 unspecified atom stereocenters. The number of hydrogen-bond donors (Lipinski definition) is 1. The molecule has 30 heavy (non-hydrogen) atoms. The van der Waals surface area contributed by atoms with Crippen LogP contribution in [0.15, 0.2) is 35.4 Å². The zero-order chi connectivity index (χ0) is 21.3. The third kappa shape index (κ3) is 4.19. The topological polar surface area (TPSA) is 64.0 Å². The number of aryl methyl sites for hydroxylation is 4. The molecule has 2 aromatic heterocycles. The molecule has 158 valence electrons. The average molecular weight is 424 g/mol. The van der Waals surface area contributed by atoms with Gasteiger partial charge in [0.1, 0.15) is 4.83 Å². The van der Waals surface area contributed by atoms with Crippen molar-refractivity contribution in [2.24, 2.45) is 0 Å². The van der Waals surface area contributed by atoms with Gasteiger partial charge in [0.15, 0.2) is 0 Å². The first-order valence-electron chi connectivity index (χ1n) is 10.7. The molecule has 0 fully saturated rings. The van der Waals surface area contributed by atoms with Crippen molar-refractivity contribution in [1.82, 2.24) is 14.9 Å². The van der Waals surface area contributed by atoms with E-state index in [1.54, 1.807) is 22.2 Å². The molecule has 1 aliphatic rings. The molecular weight excluding hydrogens is 394 g/mol. The molecule has 0 radical (unpaired) electrons. The van der Waals surface area contributed by atoms with Gasteiger partial charge in [-0.2, -0.15) is 0 Å². The van der Waals surface area contributed by atoms with E-state index in [2.05, 4.69) is 49.3 Å². The first-order chi connectivity index (χ1) is 14.3. The van der Waals surface area contributed by atoms with Gasteiger partial charge in [0.2, 0.25) is 5.91 Å². The number of nitrogens with zero attached hydrogens (tertiary/aromatic N) is 2. The highest BCUT2D eigenvalue weighted by molar-refractivity contribution is 7.18. The van der Waals surface area contributed by atoms with Crippen LogP contribution in [-0.2, 0) is 29.6 Å². The standard InChI is InChI=1S/C24H29N3O2S/c1-16-7-6-8-17(13-16)24(2,3)14-25-20(28)11-12-27-15-26-22-21(23(27)29)18-9-4-5-10-19(18)30-22/h6-8,13,15H,4-5,9-12,14H2,1-3H3,(H,25,28). The largest absolute Gasteiger partial charge is 0.355 e. The summed E-state index contributed by atoms with van der Waals surface area (Å²) < 4.78 is 1.59. The van der Waals surface area contributed by atoms with Crippen LogP contribution in [0.3, 0.4) is 0 Å². The zero-order valence-corrected chi connectivity index (χ0v) is 18.8. The van der Waals surface area contributed by atoms with E-state index in [4.69, 9.17) is 0 Å². The van der Waals surface area contributed by atoms with E-state index in [-0.39, 0.29) is 23.3 Å². The second-order valence-corrected chi connectivity index (χ2v) is 10.00. The molecule has 0 saturated carbocycles. The van der Waals surface area contributed by atoms with Crippen molar-refractivity contribution in [2.45, 2.75) is 64.8 Å². The molecule has 0 atom stereocenters. The Labute approximate surface area is 181 Å². The van der Waals surface area contributed by atoms with Crippen molar-refractivity contribution in [3.05, 3.63) is 62.5 Å². The number of carbonyl (C=O) groups excluding carboxylic acids is 1. The van der Waals surface area contributed by atoms with Crippen LogP contribution in [0.25, 0.3) is 10.2 Å². The Morgan fingerprint density at radius 1 is 1.27 bits per heavy atom. The summed E-state index contributed by atoms with van der Waals surface area (Å²) >= 11 is 1.65. The summed E-state index contributed by atoms with van der Waals surface area (Å²) in [6, 6.07) is 8.38. The molecule has 4 rings (SSSR count). The quantitative estimate of drug-likeness (QED) is 0.648. The van der Waals surface area contributed by atoms with Crippen molar-refractivity contribution in [1.29, 1.82) is 0 Å². The second-order valence-electron chi connectivity index (χ2n) is 8.91. The lowest BCUT2D eigenvalue weighted by atomic mass is 9.84. The molecule has 0 aliphatic heterocycles. The first kappa shape index (κ1) is 20.8. The summed E-state index contributed by atoms with van der Waals surface area (Å²) in [5.74, 6) is -0.0462. The Bertz CT molecular complexity index is 1140. The number of carbonyl (C=O) groups is 1. The molecule has 6 heteroatoms. The minimum atomic E-state index is -0.158. The van der Waals surface area contributed by atoms with Gasteiger partial charge in [-0.05, 0) is 43.7 Å². The van der Waals surface area contributed by atoms with E-state index in [0.29, 0.717) is 13.1 Å². The molecule has 2 heterocycles. The number of thiophene rings is 1. The van der Waals surface area contributed by atoms with Crippen molar-refractivity contribution in [3.8, 4) is 0 Å². The van der Waals surface area contributed by atoms with E-state index in [9.17, 15) is 9.59 Å². The Kier molecular flexibility index (Phi) is 5.78. The fourth-order valence-electron chi connectivity index (χ4n) is 4.14. The molecule has 0 saturated heterocycles. The van der Waals surface area contributed by atoms with Crippen LogP contribution < -0.4 is 10.9 Å². The van der Waals surface area contributed by atoms with Gasteiger partial charge >= 0.3 is 0 Å². The monoisotopic (exact) mass is 423 g/mol. The normalized spacial score (nSPS) is 14.0. The molecule has 1 aliphatic carbocycles. The summed E-state index contributed by atoms with van der Waals surface area (Å²) in [5.41, 5.74) is 3.44. The number of nitrogens with one attached hydrogen (secondary N) is 1. The molecule has 5 nitrogen and oxygen atoms in total. The maximum Gasteiger partial charge on any atom is 0.262 e. The lowest BCUT2D eigenvalue weighted by Gasteiger charge is -2.26. The number of aromatic nitrogens is 2. The highest BCUT2D eigenvalue weighted by Crippen LogP contribution is 2.33. The Morgan fingerprint density at radius 2 is 2.07 bits per heavy atom. The van der Waals surface area contributed by atoms with Crippen molar-refractivity contribution in [2.75, 3.05) is 6.54 Å². The molecule has 1 amide bonds. The van der Waals surface area contributed by atoms with E-state index >= 15 is 0 Å². The van der Waals surface area contributed by atoms with Crippen LogP contribution in [0.5, 0.6) is 0 Å². The molecule has 0 spiro atoms. The number of hydrogen-bond acceptors (Lipinski definition) is 4. The van der Waals surface area contributed by atoms with Gasteiger partial charge in [-0.3, -0.25) is 14.2 Å². The molecule has 1 N–H and O–H groups in total. The highest BCUT2D eigenvalue weighted by Gasteiger charge is 2.22. The zero-order valence-electron chi connectivity index (χ0n) is 18.0. The van der Waals surface area contributed by atoms with Crippen molar-refractivity contribution < 1.29 is 4.79 Å². The molecule has 1 aromatic carbocycles. The summed E-state index contributed by atoms with van der Waals surface area (Å²) in [7, 11) is 0. The van der Waals surface area contributed by atoms with Gasteiger partial charge < -0.3 is 5.32 Å². The predicted molar refractivity (Wildman–Crippen MR) is 122 cm³/mol. The van der Waals surface area contributed by atoms with Gasteiger partial charge in [-0.1, -0.05) is 43.7 Å². The molecule has 3 aromatic rings. The van der Waals surface area contributed by atoms with Crippen LogP contribution in [0.1, 0.15) is 54.7 Å². The maximum absolute atomic E-state index is 13.0. The second kappa shape index (κ2) is 8.34. The van der Waals surface area contributed by atoms with Crippen LogP contribution in [-0.4, -0.2) is 22.0 Å². The summed E-state index contributed by atoms with van der Waals surface area (Å²) in [6.07, 6.45) is 6.19. The number of rotatable bonds is 6. The van der Waals surface area contributed by atoms with E-state index in [1.165, 1.54) is 28.0 Å². The van der Waals surface area contributed by atoms with Crippen LogP contribution in [0, 0.1) is 6.92 Å². The minimum Gasteiger partial charge on any atom is -0.355 e. The summed E-state index contributed by atoms with van der Waals surface area (Å²) in [6.45, 7) is 7.24. The summed E-state index contributed by atoms with van der Waals surface area (Å²) in [4.78, 5) is 32.1. The van der Waals surface area contributed by atoms with Crippen LogP contribution in [0.2, 0.25) is 0 Å². The lowest BCUT2D eigenvalue weighted by Crippen LogP contribution is -2.37. The molecule has 0 bridgehead atoms. The predicted octanol–water partition coefficient (Wildman–Crippen LogP) is 4.13. The van der Waals surface area contributed by atoms with E-state index in [0.717, 1.165) is 29.5 Å². The minimum absolute atomic E-state index is 0.00714. The maximum atomic E-state index is 13.0.